The molecule has 1 aromatic carbocycles. The first-order valence-electron chi connectivity index (χ1n) is 6.93. The van der Waals surface area contributed by atoms with E-state index in [-0.39, 0.29) is 18.6 Å². The van der Waals surface area contributed by atoms with Gasteiger partial charge in [-0.1, -0.05) is 23.2 Å². The minimum atomic E-state index is -0.259. The fourth-order valence-corrected chi connectivity index (χ4v) is 2.52. The van der Waals surface area contributed by atoms with Crippen molar-refractivity contribution in [2.24, 2.45) is 0 Å². The van der Waals surface area contributed by atoms with Gasteiger partial charge in [-0.2, -0.15) is 0 Å². The maximum absolute atomic E-state index is 11.9. The lowest BCUT2D eigenvalue weighted by Gasteiger charge is -2.14. The van der Waals surface area contributed by atoms with Crippen LogP contribution in [0, 0.1) is 0 Å². The normalized spacial score (nSPS) is 17.1. The fraction of sp³-hybridized carbons (Fsp3) is 0.429. The molecule has 0 aromatic heterocycles. The first-order valence-corrected chi connectivity index (χ1v) is 8.09. The van der Waals surface area contributed by atoms with Crippen molar-refractivity contribution >= 4 is 52.1 Å². The summed E-state index contributed by atoms with van der Waals surface area (Å²) < 4.78 is 5.48. The Hall–Kier alpha value is -1.08. The molecule has 1 aliphatic rings. The van der Waals surface area contributed by atoms with Crippen molar-refractivity contribution in [2.45, 2.75) is 18.9 Å². The summed E-state index contributed by atoms with van der Waals surface area (Å²) in [4.78, 5) is 11.9. The van der Waals surface area contributed by atoms with E-state index in [0.717, 1.165) is 19.4 Å². The standard InChI is InChI=1S/C14H17Cl2N3O2S/c15-9-3-4-11(16)12(6-9)19-13(20)8-18-14(22)17-7-10-2-1-5-21-10/h3-4,6,10H,1-2,5,7-8H2,(H,19,20)(H2,17,18,22)/t10-/m1/s1. The van der Waals surface area contributed by atoms with Gasteiger partial charge in [0.15, 0.2) is 5.11 Å². The Morgan fingerprint density at radius 1 is 1.36 bits per heavy atom. The maximum Gasteiger partial charge on any atom is 0.243 e. The molecule has 0 bridgehead atoms. The minimum absolute atomic E-state index is 0.0419. The summed E-state index contributed by atoms with van der Waals surface area (Å²) in [5.41, 5.74) is 0.471. The second kappa shape index (κ2) is 8.53. The highest BCUT2D eigenvalue weighted by molar-refractivity contribution is 7.80. The molecule has 120 valence electrons. The highest BCUT2D eigenvalue weighted by atomic mass is 35.5. The second-order valence-corrected chi connectivity index (χ2v) is 6.12. The summed E-state index contributed by atoms with van der Waals surface area (Å²) in [6.45, 7) is 1.49. The zero-order chi connectivity index (χ0) is 15.9. The van der Waals surface area contributed by atoms with Crippen LogP contribution in [0.5, 0.6) is 0 Å². The molecular formula is C14H17Cl2N3O2S. The molecule has 1 aromatic rings. The number of hydrogen-bond acceptors (Lipinski definition) is 3. The molecule has 0 saturated carbocycles. The molecular weight excluding hydrogens is 345 g/mol. The van der Waals surface area contributed by atoms with Gasteiger partial charge in [-0.15, -0.1) is 0 Å². The molecule has 1 amide bonds. The van der Waals surface area contributed by atoms with Crippen LogP contribution in [0.3, 0.4) is 0 Å². The number of rotatable bonds is 5. The van der Waals surface area contributed by atoms with E-state index >= 15 is 0 Å². The van der Waals surface area contributed by atoms with Gasteiger partial charge in [-0.3, -0.25) is 4.79 Å². The molecule has 1 fully saturated rings. The maximum atomic E-state index is 11.9. The molecule has 0 unspecified atom stereocenters. The van der Waals surface area contributed by atoms with Crippen molar-refractivity contribution in [3.8, 4) is 0 Å². The number of benzene rings is 1. The van der Waals surface area contributed by atoms with Crippen LogP contribution in [0.2, 0.25) is 10.0 Å². The van der Waals surface area contributed by atoms with E-state index in [4.69, 9.17) is 40.2 Å². The van der Waals surface area contributed by atoms with E-state index in [1.54, 1.807) is 18.2 Å². The van der Waals surface area contributed by atoms with Crippen molar-refractivity contribution in [3.63, 3.8) is 0 Å². The molecule has 1 heterocycles. The van der Waals surface area contributed by atoms with E-state index in [0.29, 0.717) is 27.4 Å². The molecule has 5 nitrogen and oxygen atoms in total. The lowest BCUT2D eigenvalue weighted by atomic mass is 10.2. The number of hydrogen-bond donors (Lipinski definition) is 3. The number of thiocarbonyl (C=S) groups is 1. The van der Waals surface area contributed by atoms with E-state index < -0.39 is 0 Å². The number of nitrogens with one attached hydrogen (secondary N) is 3. The third kappa shape index (κ3) is 5.61. The Balaban J connectivity index is 1.70. The van der Waals surface area contributed by atoms with Crippen LogP contribution < -0.4 is 16.0 Å². The van der Waals surface area contributed by atoms with Crippen LogP contribution in [0.4, 0.5) is 5.69 Å². The summed E-state index contributed by atoms with van der Waals surface area (Å²) >= 11 is 17.0. The number of carbonyl (C=O) groups excluding carboxylic acids is 1. The summed E-state index contributed by atoms with van der Waals surface area (Å²) in [6.07, 6.45) is 2.30. The largest absolute Gasteiger partial charge is 0.376 e. The third-order valence-corrected chi connectivity index (χ3v) is 3.98. The average Bonchev–Trinajstić information content (AvgIpc) is 3.00. The Kier molecular flexibility index (Phi) is 6.70. The van der Waals surface area contributed by atoms with Gasteiger partial charge in [-0.05, 0) is 43.3 Å². The summed E-state index contributed by atoms with van der Waals surface area (Å²) in [5.74, 6) is -0.259. The average molecular weight is 362 g/mol. The van der Waals surface area contributed by atoms with Crippen LogP contribution in [0.15, 0.2) is 18.2 Å². The molecule has 0 radical (unpaired) electrons. The molecule has 1 saturated heterocycles. The van der Waals surface area contributed by atoms with E-state index in [9.17, 15) is 4.79 Å². The Bertz CT molecular complexity index is 551. The van der Waals surface area contributed by atoms with Crippen LogP contribution in [0.1, 0.15) is 12.8 Å². The molecule has 0 spiro atoms. The second-order valence-electron chi connectivity index (χ2n) is 4.87. The molecule has 3 N–H and O–H groups in total. The zero-order valence-electron chi connectivity index (χ0n) is 11.8. The van der Waals surface area contributed by atoms with E-state index in [1.165, 1.54) is 0 Å². The van der Waals surface area contributed by atoms with Crippen molar-refractivity contribution in [3.05, 3.63) is 28.2 Å². The first-order chi connectivity index (χ1) is 10.5. The SMILES string of the molecule is O=C(CNC(=S)NC[C@H]1CCCO1)Nc1cc(Cl)ccc1Cl. The summed E-state index contributed by atoms with van der Waals surface area (Å²) in [7, 11) is 0. The molecule has 1 aliphatic heterocycles. The van der Waals surface area contributed by atoms with Crippen LogP contribution in [-0.4, -0.2) is 36.8 Å². The number of carbonyl (C=O) groups is 1. The smallest absolute Gasteiger partial charge is 0.243 e. The summed E-state index contributed by atoms with van der Waals surface area (Å²) in [6, 6.07) is 4.87. The number of amides is 1. The van der Waals surface area contributed by atoms with Gasteiger partial charge >= 0.3 is 0 Å². The van der Waals surface area contributed by atoms with Gasteiger partial charge in [0, 0.05) is 18.2 Å². The van der Waals surface area contributed by atoms with Crippen molar-refractivity contribution in [2.75, 3.05) is 25.0 Å². The third-order valence-electron chi connectivity index (χ3n) is 3.13. The van der Waals surface area contributed by atoms with Gasteiger partial charge < -0.3 is 20.7 Å². The number of anilines is 1. The number of ether oxygens (including phenoxy) is 1. The van der Waals surface area contributed by atoms with Crippen LogP contribution in [0.25, 0.3) is 0 Å². The Labute approximate surface area is 144 Å². The highest BCUT2D eigenvalue weighted by Gasteiger charge is 2.15. The van der Waals surface area contributed by atoms with Gasteiger partial charge in [0.1, 0.15) is 0 Å². The van der Waals surface area contributed by atoms with Crippen molar-refractivity contribution in [1.82, 2.24) is 10.6 Å². The zero-order valence-corrected chi connectivity index (χ0v) is 14.2. The molecule has 1 atom stereocenters. The lowest BCUT2D eigenvalue weighted by Crippen LogP contribution is -2.42. The molecule has 0 aliphatic carbocycles. The Morgan fingerprint density at radius 3 is 2.91 bits per heavy atom. The quantitative estimate of drug-likeness (QED) is 0.703. The summed E-state index contributed by atoms with van der Waals surface area (Å²) in [5, 5.41) is 9.89. The molecule has 2 rings (SSSR count). The van der Waals surface area contributed by atoms with Crippen molar-refractivity contribution in [1.29, 1.82) is 0 Å². The Morgan fingerprint density at radius 2 is 2.18 bits per heavy atom. The lowest BCUT2D eigenvalue weighted by molar-refractivity contribution is -0.115. The van der Waals surface area contributed by atoms with Gasteiger partial charge in [0.25, 0.3) is 0 Å². The molecule has 22 heavy (non-hydrogen) atoms. The monoisotopic (exact) mass is 361 g/mol. The highest BCUT2D eigenvalue weighted by Crippen LogP contribution is 2.25. The van der Waals surface area contributed by atoms with Gasteiger partial charge in [-0.25, -0.2) is 0 Å². The van der Waals surface area contributed by atoms with E-state index in [1.807, 2.05) is 0 Å². The first kappa shape index (κ1) is 17.3. The predicted octanol–water partition coefficient (Wildman–Crippen LogP) is 2.58. The number of halogens is 2. The van der Waals surface area contributed by atoms with Crippen molar-refractivity contribution < 1.29 is 9.53 Å². The van der Waals surface area contributed by atoms with Gasteiger partial charge in [0.05, 0.1) is 23.4 Å². The van der Waals surface area contributed by atoms with Crippen LogP contribution in [-0.2, 0) is 9.53 Å². The molecule has 8 heteroatoms. The topological polar surface area (TPSA) is 62.4 Å². The fourth-order valence-electron chi connectivity index (χ4n) is 2.02. The minimum Gasteiger partial charge on any atom is -0.376 e. The van der Waals surface area contributed by atoms with E-state index in [2.05, 4.69) is 16.0 Å². The predicted molar refractivity (Wildman–Crippen MR) is 92.7 cm³/mol. The van der Waals surface area contributed by atoms with Crippen LogP contribution >= 0.6 is 35.4 Å². The van der Waals surface area contributed by atoms with Gasteiger partial charge in [0.2, 0.25) is 5.91 Å².